The number of likely N-dealkylation sites (tertiary alicyclic amines) is 2. The first-order valence-corrected chi connectivity index (χ1v) is 6.24. The van der Waals surface area contributed by atoms with Gasteiger partial charge in [-0.2, -0.15) is 0 Å². The first kappa shape index (κ1) is 11.6. The molecule has 2 rings (SSSR count). The van der Waals surface area contributed by atoms with Gasteiger partial charge in [-0.3, -0.25) is 9.59 Å². The predicted octanol–water partition coefficient (Wildman–Crippen LogP) is 0.662. The van der Waals surface area contributed by atoms with Crippen molar-refractivity contribution < 1.29 is 9.59 Å². The molecule has 0 unspecified atom stereocenters. The van der Waals surface area contributed by atoms with Crippen molar-refractivity contribution in [3.05, 3.63) is 0 Å². The Morgan fingerprint density at radius 2 is 1.94 bits per heavy atom. The van der Waals surface area contributed by atoms with Crippen LogP contribution in [0.3, 0.4) is 0 Å². The third-order valence-electron chi connectivity index (χ3n) is 3.55. The lowest BCUT2D eigenvalue weighted by Crippen LogP contribution is -2.45. The van der Waals surface area contributed by atoms with Crippen molar-refractivity contribution in [1.82, 2.24) is 9.80 Å². The average Bonchev–Trinajstić information content (AvgIpc) is 2.59. The fourth-order valence-corrected chi connectivity index (χ4v) is 2.71. The van der Waals surface area contributed by atoms with E-state index in [1.165, 1.54) is 6.42 Å². The molecule has 0 N–H and O–H groups in total. The molecule has 0 aromatic heterocycles. The van der Waals surface area contributed by atoms with E-state index in [1.54, 1.807) is 4.90 Å². The zero-order valence-corrected chi connectivity index (χ0v) is 9.95. The number of amides is 1. The van der Waals surface area contributed by atoms with Crippen LogP contribution < -0.4 is 0 Å². The second-order valence-electron chi connectivity index (χ2n) is 4.81. The van der Waals surface area contributed by atoms with Gasteiger partial charge in [0.25, 0.3) is 0 Å². The molecule has 0 aromatic carbocycles. The number of ketones is 1. The summed E-state index contributed by atoms with van der Waals surface area (Å²) in [5.41, 5.74) is 0. The highest BCUT2D eigenvalue weighted by molar-refractivity contribution is 6.05. The lowest BCUT2D eigenvalue weighted by atomic mass is 10.0. The molecule has 2 heterocycles. The summed E-state index contributed by atoms with van der Waals surface area (Å²) in [5, 5.41) is 0. The molecule has 0 bridgehead atoms. The molecule has 1 amide bonds. The summed E-state index contributed by atoms with van der Waals surface area (Å²) in [7, 11) is 0. The maximum absolute atomic E-state index is 11.6. The molecule has 0 spiro atoms. The van der Waals surface area contributed by atoms with Gasteiger partial charge in [-0.05, 0) is 25.8 Å². The lowest BCUT2D eigenvalue weighted by Gasteiger charge is -2.36. The fourth-order valence-electron chi connectivity index (χ4n) is 2.71. The minimum atomic E-state index is 0.0407. The smallest absolute Gasteiger partial charge is 0.230 e. The Balaban J connectivity index is 1.85. The summed E-state index contributed by atoms with van der Waals surface area (Å²) in [6.07, 6.45) is 3.37. The third kappa shape index (κ3) is 2.43. The Kier molecular flexibility index (Phi) is 3.59. The molecule has 4 heteroatoms. The van der Waals surface area contributed by atoms with Gasteiger partial charge in [0.2, 0.25) is 5.91 Å². The Hall–Kier alpha value is -0.900. The summed E-state index contributed by atoms with van der Waals surface area (Å²) in [6.45, 7) is 5.83. The Morgan fingerprint density at radius 3 is 2.44 bits per heavy atom. The van der Waals surface area contributed by atoms with Gasteiger partial charge in [0.1, 0.15) is 0 Å². The van der Waals surface area contributed by atoms with Crippen molar-refractivity contribution in [2.45, 2.75) is 38.6 Å². The quantitative estimate of drug-likeness (QED) is 0.661. The van der Waals surface area contributed by atoms with Crippen LogP contribution in [0.2, 0.25) is 0 Å². The molecule has 2 aliphatic heterocycles. The van der Waals surface area contributed by atoms with Crippen LogP contribution in [0, 0.1) is 0 Å². The van der Waals surface area contributed by atoms with Gasteiger partial charge in [0.15, 0.2) is 5.78 Å². The minimum Gasteiger partial charge on any atom is -0.332 e. The molecule has 2 aliphatic rings. The van der Waals surface area contributed by atoms with E-state index in [9.17, 15) is 9.59 Å². The van der Waals surface area contributed by atoms with Crippen molar-refractivity contribution in [1.29, 1.82) is 0 Å². The van der Waals surface area contributed by atoms with Gasteiger partial charge in [-0.1, -0.05) is 6.92 Å². The van der Waals surface area contributed by atoms with Crippen LogP contribution in [-0.4, -0.2) is 53.7 Å². The predicted molar refractivity (Wildman–Crippen MR) is 61.1 cm³/mol. The summed E-state index contributed by atoms with van der Waals surface area (Å²) in [4.78, 5) is 27.0. The van der Waals surface area contributed by atoms with E-state index in [0.29, 0.717) is 12.6 Å². The van der Waals surface area contributed by atoms with Crippen molar-refractivity contribution in [2.75, 3.05) is 26.2 Å². The summed E-state index contributed by atoms with van der Waals surface area (Å²) >= 11 is 0. The van der Waals surface area contributed by atoms with Gasteiger partial charge in [-0.15, -0.1) is 0 Å². The topological polar surface area (TPSA) is 40.6 Å². The summed E-state index contributed by atoms with van der Waals surface area (Å²) in [5.74, 6) is 0.125. The van der Waals surface area contributed by atoms with Crippen LogP contribution in [0.4, 0.5) is 0 Å². The van der Waals surface area contributed by atoms with Crippen molar-refractivity contribution in [3.8, 4) is 0 Å². The number of carbonyl (C=O) groups excluding carboxylic acids is 2. The number of Topliss-reactive ketones (excluding diaryl/α,β-unsaturated/α-hetero) is 1. The van der Waals surface area contributed by atoms with E-state index >= 15 is 0 Å². The summed E-state index contributed by atoms with van der Waals surface area (Å²) < 4.78 is 0. The number of rotatable bonds is 3. The largest absolute Gasteiger partial charge is 0.332 e. The van der Waals surface area contributed by atoms with E-state index in [0.717, 1.165) is 32.5 Å². The molecule has 0 aromatic rings. The van der Waals surface area contributed by atoms with Gasteiger partial charge in [-0.25, -0.2) is 0 Å². The summed E-state index contributed by atoms with van der Waals surface area (Å²) in [6, 6.07) is 0.312. The third-order valence-corrected chi connectivity index (χ3v) is 3.55. The van der Waals surface area contributed by atoms with E-state index in [1.807, 2.05) is 0 Å². The zero-order chi connectivity index (χ0) is 11.5. The Labute approximate surface area is 96.6 Å². The van der Waals surface area contributed by atoms with Gasteiger partial charge in [0, 0.05) is 19.1 Å². The van der Waals surface area contributed by atoms with E-state index in [4.69, 9.17) is 0 Å². The standard InChI is InChI=1S/C12H20N2O2/c1-2-5-13-6-3-10(4-7-13)14-9-11(15)8-12(14)16/h10H,2-9H2,1H3. The molecule has 0 saturated carbocycles. The van der Waals surface area contributed by atoms with Crippen molar-refractivity contribution in [2.24, 2.45) is 0 Å². The molecule has 2 fully saturated rings. The molecule has 90 valence electrons. The monoisotopic (exact) mass is 224 g/mol. The van der Waals surface area contributed by atoms with Gasteiger partial charge < -0.3 is 9.80 Å². The molecule has 0 atom stereocenters. The molecular formula is C12H20N2O2. The number of carbonyl (C=O) groups is 2. The van der Waals surface area contributed by atoms with E-state index in [-0.39, 0.29) is 18.1 Å². The number of nitrogens with zero attached hydrogens (tertiary/aromatic N) is 2. The normalized spacial score (nSPS) is 24.4. The highest BCUT2D eigenvalue weighted by Gasteiger charge is 2.34. The van der Waals surface area contributed by atoms with Gasteiger partial charge >= 0.3 is 0 Å². The Bertz CT molecular complexity index is 283. The van der Waals surface area contributed by atoms with Gasteiger partial charge in [0.05, 0.1) is 13.0 Å². The Morgan fingerprint density at radius 1 is 1.25 bits per heavy atom. The fraction of sp³-hybridized carbons (Fsp3) is 0.833. The maximum atomic E-state index is 11.6. The van der Waals surface area contributed by atoms with Crippen LogP contribution in [0.15, 0.2) is 0 Å². The molecular weight excluding hydrogens is 204 g/mol. The molecule has 2 saturated heterocycles. The maximum Gasteiger partial charge on any atom is 0.230 e. The van der Waals surface area contributed by atoms with Crippen molar-refractivity contribution >= 4 is 11.7 Å². The SMILES string of the molecule is CCCN1CCC(N2CC(=O)CC2=O)CC1. The highest BCUT2D eigenvalue weighted by Crippen LogP contribution is 2.20. The molecule has 16 heavy (non-hydrogen) atoms. The van der Waals surface area contributed by atoms with Crippen LogP contribution in [0.5, 0.6) is 0 Å². The van der Waals surface area contributed by atoms with E-state index in [2.05, 4.69) is 11.8 Å². The first-order valence-electron chi connectivity index (χ1n) is 6.24. The molecule has 0 radical (unpaired) electrons. The highest BCUT2D eigenvalue weighted by atomic mass is 16.2. The van der Waals surface area contributed by atoms with Crippen molar-refractivity contribution in [3.63, 3.8) is 0 Å². The van der Waals surface area contributed by atoms with Crippen LogP contribution in [0.25, 0.3) is 0 Å². The van der Waals surface area contributed by atoms with Crippen LogP contribution in [0.1, 0.15) is 32.6 Å². The minimum absolute atomic E-state index is 0.0407. The first-order chi connectivity index (χ1) is 7.70. The van der Waals surface area contributed by atoms with E-state index < -0.39 is 0 Å². The second-order valence-corrected chi connectivity index (χ2v) is 4.81. The molecule has 4 nitrogen and oxygen atoms in total. The average molecular weight is 224 g/mol. The van der Waals surface area contributed by atoms with Crippen LogP contribution >= 0.6 is 0 Å². The molecule has 0 aliphatic carbocycles. The van der Waals surface area contributed by atoms with Crippen LogP contribution in [-0.2, 0) is 9.59 Å². The number of hydrogen-bond acceptors (Lipinski definition) is 3. The number of piperidine rings is 1. The number of hydrogen-bond donors (Lipinski definition) is 0. The zero-order valence-electron chi connectivity index (χ0n) is 9.95. The second kappa shape index (κ2) is 4.95. The lowest BCUT2D eigenvalue weighted by molar-refractivity contribution is -0.130.